The highest BCUT2D eigenvalue weighted by Crippen LogP contribution is 2.21. The third-order valence-electron chi connectivity index (χ3n) is 2.77. The molecule has 4 nitrogen and oxygen atoms in total. The van der Waals surface area contributed by atoms with Crippen LogP contribution in [0.3, 0.4) is 0 Å². The molecule has 0 saturated heterocycles. The summed E-state index contributed by atoms with van der Waals surface area (Å²) < 4.78 is 6.08. The molecule has 0 radical (unpaired) electrons. The van der Waals surface area contributed by atoms with Gasteiger partial charge in [-0.15, -0.1) is 6.42 Å². The molecule has 0 spiro atoms. The zero-order valence-corrected chi connectivity index (χ0v) is 14.3. The third kappa shape index (κ3) is 4.85. The summed E-state index contributed by atoms with van der Waals surface area (Å²) in [4.78, 5) is 12.0. The van der Waals surface area contributed by atoms with Gasteiger partial charge >= 0.3 is 0 Å². The maximum atomic E-state index is 12.0. The predicted octanol–water partition coefficient (Wildman–Crippen LogP) is 3.88. The van der Waals surface area contributed by atoms with Crippen LogP contribution in [0.25, 0.3) is 0 Å². The van der Waals surface area contributed by atoms with Crippen LogP contribution in [0, 0.1) is 12.3 Å². The molecule has 116 valence electrons. The van der Waals surface area contributed by atoms with Gasteiger partial charge in [0.15, 0.2) is 0 Å². The molecule has 0 bridgehead atoms. The zero-order chi connectivity index (χ0) is 16.7. The average molecular weight is 392 g/mol. The number of benzene rings is 2. The predicted molar refractivity (Wildman–Crippen MR) is 95.0 cm³/mol. The molecule has 0 aliphatic heterocycles. The Morgan fingerprint density at radius 1 is 1.39 bits per heavy atom. The number of amides is 1. The minimum Gasteiger partial charge on any atom is -0.480 e. The first-order valence-electron chi connectivity index (χ1n) is 6.55. The molecule has 0 aliphatic carbocycles. The monoisotopic (exact) mass is 390 g/mol. The summed E-state index contributed by atoms with van der Waals surface area (Å²) in [5.41, 5.74) is 3.55. The molecule has 2 rings (SSSR count). The maximum absolute atomic E-state index is 12.0. The molecule has 2 aromatic carbocycles. The van der Waals surface area contributed by atoms with E-state index in [1.165, 1.54) is 6.21 Å². The van der Waals surface area contributed by atoms with Gasteiger partial charge in [0, 0.05) is 15.1 Å². The highest BCUT2D eigenvalue weighted by Gasteiger charge is 2.08. The fourth-order valence-electron chi connectivity index (χ4n) is 1.74. The number of hydrogen-bond acceptors (Lipinski definition) is 3. The first kappa shape index (κ1) is 17.1. The average Bonchev–Trinajstić information content (AvgIpc) is 2.54. The van der Waals surface area contributed by atoms with Crippen molar-refractivity contribution in [1.29, 1.82) is 0 Å². The van der Waals surface area contributed by atoms with E-state index in [0.717, 1.165) is 0 Å². The van der Waals surface area contributed by atoms with Crippen LogP contribution in [0.2, 0.25) is 5.02 Å². The zero-order valence-electron chi connectivity index (χ0n) is 11.9. The molecule has 0 unspecified atom stereocenters. The number of carbonyl (C=O) groups excluding carboxylic acids is 1. The molecular weight excluding hydrogens is 380 g/mol. The summed E-state index contributed by atoms with van der Waals surface area (Å²) in [7, 11) is 0. The SMILES string of the molecule is C#CCOc1ccc(Cl)cc1/C=N\NC(=O)c1ccccc1Br. The molecular formula is C17H12BrClN2O2. The number of hydrazone groups is 1. The van der Waals surface area contributed by atoms with Crippen LogP contribution >= 0.6 is 27.5 Å². The van der Waals surface area contributed by atoms with E-state index >= 15 is 0 Å². The molecule has 23 heavy (non-hydrogen) atoms. The summed E-state index contributed by atoms with van der Waals surface area (Å²) in [6.45, 7) is 0.131. The molecule has 0 atom stereocenters. The Morgan fingerprint density at radius 2 is 2.17 bits per heavy atom. The van der Waals surface area contributed by atoms with Gasteiger partial charge in [0.25, 0.3) is 5.91 Å². The molecule has 0 aromatic heterocycles. The molecule has 1 amide bonds. The Kier molecular flexibility index (Phi) is 6.21. The first-order chi connectivity index (χ1) is 11.1. The molecule has 1 N–H and O–H groups in total. The number of ether oxygens (including phenoxy) is 1. The van der Waals surface area contributed by atoms with E-state index in [9.17, 15) is 4.79 Å². The van der Waals surface area contributed by atoms with Gasteiger partial charge in [-0.25, -0.2) is 5.43 Å². The van der Waals surface area contributed by atoms with Gasteiger partial charge in [0.05, 0.1) is 11.8 Å². The fourth-order valence-corrected chi connectivity index (χ4v) is 2.38. The van der Waals surface area contributed by atoms with Crippen LogP contribution in [0.5, 0.6) is 5.75 Å². The topological polar surface area (TPSA) is 50.7 Å². The summed E-state index contributed by atoms with van der Waals surface area (Å²) in [5, 5.41) is 4.46. The van der Waals surface area contributed by atoms with E-state index in [2.05, 4.69) is 32.4 Å². The van der Waals surface area contributed by atoms with Crippen molar-refractivity contribution in [3.05, 3.63) is 63.1 Å². The lowest BCUT2D eigenvalue weighted by atomic mass is 10.2. The van der Waals surface area contributed by atoms with Crippen LogP contribution < -0.4 is 10.2 Å². The van der Waals surface area contributed by atoms with Crippen molar-refractivity contribution >= 4 is 39.7 Å². The smallest absolute Gasteiger partial charge is 0.272 e. The summed E-state index contributed by atoms with van der Waals surface area (Å²) in [5.74, 6) is 2.59. The Balaban J connectivity index is 2.11. The second-order valence-corrected chi connectivity index (χ2v) is 5.64. The second kappa shape index (κ2) is 8.37. The number of hydrogen-bond donors (Lipinski definition) is 1. The van der Waals surface area contributed by atoms with Crippen molar-refractivity contribution in [2.75, 3.05) is 6.61 Å². The quantitative estimate of drug-likeness (QED) is 0.478. The van der Waals surface area contributed by atoms with Gasteiger partial charge in [0.1, 0.15) is 12.4 Å². The normalized spacial score (nSPS) is 10.3. The minimum absolute atomic E-state index is 0.131. The number of nitrogens with one attached hydrogen (secondary N) is 1. The van der Waals surface area contributed by atoms with Crippen LogP contribution in [0.4, 0.5) is 0 Å². The molecule has 0 heterocycles. The highest BCUT2D eigenvalue weighted by molar-refractivity contribution is 9.10. The molecule has 0 aliphatic rings. The van der Waals surface area contributed by atoms with E-state index in [1.54, 1.807) is 36.4 Å². The third-order valence-corrected chi connectivity index (χ3v) is 3.70. The van der Waals surface area contributed by atoms with Gasteiger partial charge in [-0.2, -0.15) is 5.10 Å². The summed E-state index contributed by atoms with van der Waals surface area (Å²) in [6, 6.07) is 12.1. The van der Waals surface area contributed by atoms with Crippen molar-refractivity contribution < 1.29 is 9.53 Å². The van der Waals surface area contributed by atoms with Crippen molar-refractivity contribution in [2.45, 2.75) is 0 Å². The van der Waals surface area contributed by atoms with Crippen LogP contribution in [0.15, 0.2) is 52.0 Å². The summed E-state index contributed by atoms with van der Waals surface area (Å²) in [6.07, 6.45) is 6.63. The Hall–Kier alpha value is -2.29. The minimum atomic E-state index is -0.332. The molecule has 0 saturated carbocycles. The van der Waals surface area contributed by atoms with Gasteiger partial charge in [0.2, 0.25) is 0 Å². The number of halogens is 2. The number of carbonyl (C=O) groups is 1. The van der Waals surface area contributed by atoms with Crippen molar-refractivity contribution in [3.63, 3.8) is 0 Å². The number of nitrogens with zero attached hydrogens (tertiary/aromatic N) is 1. The lowest BCUT2D eigenvalue weighted by Crippen LogP contribution is -2.18. The van der Waals surface area contributed by atoms with Crippen molar-refractivity contribution in [3.8, 4) is 18.1 Å². The van der Waals surface area contributed by atoms with Crippen LogP contribution in [-0.4, -0.2) is 18.7 Å². The van der Waals surface area contributed by atoms with Gasteiger partial charge in [-0.3, -0.25) is 4.79 Å². The lowest BCUT2D eigenvalue weighted by molar-refractivity contribution is 0.0954. The molecule has 2 aromatic rings. The van der Waals surface area contributed by atoms with Crippen LogP contribution in [-0.2, 0) is 0 Å². The Bertz CT molecular complexity index is 784. The van der Waals surface area contributed by atoms with E-state index in [1.807, 2.05) is 6.07 Å². The van der Waals surface area contributed by atoms with Crippen molar-refractivity contribution in [1.82, 2.24) is 5.43 Å². The van der Waals surface area contributed by atoms with Gasteiger partial charge in [-0.05, 0) is 46.3 Å². The largest absolute Gasteiger partial charge is 0.480 e. The van der Waals surface area contributed by atoms with Gasteiger partial charge < -0.3 is 4.74 Å². The number of terminal acetylenes is 1. The second-order valence-electron chi connectivity index (χ2n) is 4.35. The van der Waals surface area contributed by atoms with Crippen molar-refractivity contribution in [2.24, 2.45) is 5.10 Å². The highest BCUT2D eigenvalue weighted by atomic mass is 79.9. The van der Waals surface area contributed by atoms with E-state index in [4.69, 9.17) is 22.8 Å². The Labute approximate surface area is 147 Å². The van der Waals surface area contributed by atoms with E-state index in [0.29, 0.717) is 26.4 Å². The molecule has 0 fully saturated rings. The first-order valence-corrected chi connectivity index (χ1v) is 7.72. The maximum Gasteiger partial charge on any atom is 0.272 e. The van der Waals surface area contributed by atoms with E-state index in [-0.39, 0.29) is 12.5 Å². The number of rotatable bonds is 5. The molecule has 6 heteroatoms. The summed E-state index contributed by atoms with van der Waals surface area (Å²) >= 11 is 9.27. The van der Waals surface area contributed by atoms with E-state index < -0.39 is 0 Å². The fraction of sp³-hybridized carbons (Fsp3) is 0.0588. The van der Waals surface area contributed by atoms with Crippen LogP contribution in [0.1, 0.15) is 15.9 Å². The standard InChI is InChI=1S/C17H12BrClN2O2/c1-2-9-23-16-8-7-13(19)10-12(16)11-20-21-17(22)14-5-3-4-6-15(14)18/h1,3-8,10-11H,9H2,(H,21,22)/b20-11-. The van der Waals surface area contributed by atoms with Gasteiger partial charge in [-0.1, -0.05) is 29.7 Å². The Morgan fingerprint density at radius 3 is 2.91 bits per heavy atom. The lowest BCUT2D eigenvalue weighted by Gasteiger charge is -2.06.